The van der Waals surface area contributed by atoms with Crippen LogP contribution in [0.15, 0.2) is 30.7 Å². The van der Waals surface area contributed by atoms with E-state index in [9.17, 15) is 4.21 Å². The average Bonchev–Trinajstić information content (AvgIpc) is 3.65. The van der Waals surface area contributed by atoms with Crippen LogP contribution in [0.25, 0.3) is 22.2 Å². The Hall–Kier alpha value is -2.56. The summed E-state index contributed by atoms with van der Waals surface area (Å²) < 4.78 is 40.9. The SMILES string of the molecule is Nc1ncnc2c1c(-c1cc(OCC3CCCO3)ccc1F)cn2C1CC(CN2C[C@@H]3CC2C[S@@]3=O)C1. The molecule has 1 saturated carbocycles. The predicted octanol–water partition coefficient (Wildman–Crippen LogP) is 3.53. The Morgan fingerprint density at radius 2 is 2.08 bits per heavy atom. The lowest BCUT2D eigenvalue weighted by atomic mass is 9.79. The standard InChI is InChI=1S/C27H32FN5O3S/c28-24-4-3-19(36-13-20-2-1-5-35-20)9-22(24)23-12-33(27-25(23)26(29)30-15-31-27)17-6-16(7-17)10-32-11-21-8-18(32)14-37(21)34/h3-4,9,12,15-18,20-21H,1-2,5-8,10-11,13-14H2,(H2,29,30,31)/t16?,17?,18?,20?,21-,37-/m0/s1. The summed E-state index contributed by atoms with van der Waals surface area (Å²) >= 11 is 0. The predicted molar refractivity (Wildman–Crippen MR) is 140 cm³/mol. The topological polar surface area (TPSA) is 95.5 Å². The first kappa shape index (κ1) is 23.5. The largest absolute Gasteiger partial charge is 0.491 e. The molecule has 2 aromatic heterocycles. The number of hydrogen-bond donors (Lipinski definition) is 1. The van der Waals surface area contributed by atoms with Crippen molar-refractivity contribution in [1.29, 1.82) is 0 Å². The van der Waals surface area contributed by atoms with E-state index in [2.05, 4.69) is 19.4 Å². The highest BCUT2D eigenvalue weighted by Crippen LogP contribution is 2.45. The van der Waals surface area contributed by atoms with Crippen LogP contribution in [0.1, 0.15) is 38.1 Å². The van der Waals surface area contributed by atoms with Gasteiger partial charge in [-0.3, -0.25) is 9.11 Å². The lowest BCUT2D eigenvalue weighted by Crippen LogP contribution is -2.44. The molecule has 4 fully saturated rings. The number of hydrogen-bond acceptors (Lipinski definition) is 7. The molecule has 0 amide bonds. The first-order chi connectivity index (χ1) is 18.0. The second kappa shape index (κ2) is 9.32. The Balaban J connectivity index is 1.12. The quantitative estimate of drug-likeness (QED) is 0.504. The van der Waals surface area contributed by atoms with E-state index in [1.54, 1.807) is 12.1 Å². The van der Waals surface area contributed by atoms with Crippen molar-refractivity contribution in [3.63, 3.8) is 0 Å². The van der Waals surface area contributed by atoms with Gasteiger partial charge >= 0.3 is 0 Å². The number of fused-ring (bicyclic) bond motifs is 3. The number of aromatic nitrogens is 3. The molecule has 2 bridgehead atoms. The summed E-state index contributed by atoms with van der Waals surface area (Å²) in [4.78, 5) is 11.3. The summed E-state index contributed by atoms with van der Waals surface area (Å²) in [5, 5.41) is 1.05. The number of nitrogens with zero attached hydrogens (tertiary/aromatic N) is 4. The van der Waals surface area contributed by atoms with Gasteiger partial charge in [-0.1, -0.05) is 0 Å². The minimum Gasteiger partial charge on any atom is -0.491 e. The van der Waals surface area contributed by atoms with E-state index in [0.29, 0.717) is 51.9 Å². The van der Waals surface area contributed by atoms with E-state index in [-0.39, 0.29) is 18.0 Å². The van der Waals surface area contributed by atoms with Crippen LogP contribution in [0, 0.1) is 11.7 Å². The first-order valence-electron chi connectivity index (χ1n) is 13.3. The van der Waals surface area contributed by atoms with E-state index in [1.807, 2.05) is 6.20 Å². The number of halogens is 1. The fourth-order valence-electron chi connectivity index (χ4n) is 6.62. The number of nitrogen functional groups attached to an aromatic ring is 1. The summed E-state index contributed by atoms with van der Waals surface area (Å²) in [6.07, 6.45) is 8.75. The van der Waals surface area contributed by atoms with Crippen molar-refractivity contribution in [2.24, 2.45) is 5.92 Å². The van der Waals surface area contributed by atoms with Gasteiger partial charge in [-0.2, -0.15) is 0 Å². The Kier molecular flexibility index (Phi) is 5.93. The van der Waals surface area contributed by atoms with Crippen LogP contribution in [0.2, 0.25) is 0 Å². The van der Waals surface area contributed by atoms with Gasteiger partial charge in [0.2, 0.25) is 0 Å². The van der Waals surface area contributed by atoms with Crippen LogP contribution in [-0.2, 0) is 15.5 Å². The molecule has 4 aliphatic rings. The molecule has 0 spiro atoms. The number of anilines is 1. The van der Waals surface area contributed by atoms with Gasteiger partial charge in [0.1, 0.15) is 36.0 Å². The highest BCUT2D eigenvalue weighted by atomic mass is 32.2. The summed E-state index contributed by atoms with van der Waals surface area (Å²) in [5.41, 5.74) is 8.18. The van der Waals surface area contributed by atoms with Gasteiger partial charge in [0.05, 0.1) is 11.5 Å². The Labute approximate surface area is 217 Å². The third kappa shape index (κ3) is 4.23. The molecule has 7 rings (SSSR count). The lowest BCUT2D eigenvalue weighted by Gasteiger charge is -2.40. The summed E-state index contributed by atoms with van der Waals surface area (Å²) in [5.74, 6) is 2.06. The van der Waals surface area contributed by atoms with Crippen LogP contribution >= 0.6 is 0 Å². The zero-order valence-electron chi connectivity index (χ0n) is 20.7. The van der Waals surface area contributed by atoms with Gasteiger partial charge < -0.3 is 19.8 Å². The molecule has 1 aromatic carbocycles. The maximum absolute atomic E-state index is 15.2. The number of nitrogens with two attached hydrogens (primary N) is 1. The second-order valence-corrected chi connectivity index (χ2v) is 12.8. The van der Waals surface area contributed by atoms with Crippen molar-refractivity contribution in [2.75, 3.05) is 37.8 Å². The van der Waals surface area contributed by atoms with Crippen LogP contribution in [-0.4, -0.2) is 73.1 Å². The zero-order valence-corrected chi connectivity index (χ0v) is 21.5. The third-order valence-corrected chi connectivity index (χ3v) is 10.4. The Morgan fingerprint density at radius 3 is 2.84 bits per heavy atom. The molecule has 2 N–H and O–H groups in total. The lowest BCUT2D eigenvalue weighted by molar-refractivity contribution is 0.0679. The smallest absolute Gasteiger partial charge is 0.146 e. The van der Waals surface area contributed by atoms with Crippen molar-refractivity contribution < 1.29 is 18.1 Å². The van der Waals surface area contributed by atoms with E-state index in [0.717, 1.165) is 63.2 Å². The molecule has 3 aromatic rings. The minimum atomic E-state index is -0.624. The van der Waals surface area contributed by atoms with Gasteiger partial charge in [0.25, 0.3) is 0 Å². The molecule has 2 unspecified atom stereocenters. The van der Waals surface area contributed by atoms with Crippen molar-refractivity contribution in [3.05, 3.63) is 36.5 Å². The van der Waals surface area contributed by atoms with Gasteiger partial charge in [-0.15, -0.1) is 0 Å². The number of rotatable bonds is 7. The van der Waals surface area contributed by atoms with Gasteiger partial charge in [-0.25, -0.2) is 14.4 Å². The number of ether oxygens (including phenoxy) is 2. The van der Waals surface area contributed by atoms with Crippen LogP contribution in [0.3, 0.4) is 0 Å². The van der Waals surface area contributed by atoms with Crippen LogP contribution in [0.4, 0.5) is 10.2 Å². The highest BCUT2D eigenvalue weighted by molar-refractivity contribution is 7.86. The fraction of sp³-hybridized carbons (Fsp3) is 0.556. The molecule has 3 saturated heterocycles. The summed E-state index contributed by atoms with van der Waals surface area (Å²) in [6, 6.07) is 5.62. The van der Waals surface area contributed by atoms with Gasteiger partial charge in [0, 0.05) is 70.9 Å². The highest BCUT2D eigenvalue weighted by Gasteiger charge is 2.45. The minimum absolute atomic E-state index is 0.0870. The molecule has 4 atom stereocenters. The van der Waals surface area contributed by atoms with Crippen LogP contribution < -0.4 is 10.5 Å². The monoisotopic (exact) mass is 525 g/mol. The number of likely N-dealkylation sites (tertiary alicyclic amines) is 1. The molecule has 5 heterocycles. The molecular weight excluding hydrogens is 493 g/mol. The fourth-order valence-corrected chi connectivity index (χ4v) is 8.41. The molecule has 3 aliphatic heterocycles. The molecule has 196 valence electrons. The van der Waals surface area contributed by atoms with E-state index >= 15 is 4.39 Å². The van der Waals surface area contributed by atoms with Crippen molar-refractivity contribution in [2.45, 2.75) is 55.5 Å². The molecule has 1 aliphatic carbocycles. The van der Waals surface area contributed by atoms with Crippen molar-refractivity contribution in [1.82, 2.24) is 19.4 Å². The summed E-state index contributed by atoms with van der Waals surface area (Å²) in [6.45, 7) is 3.26. The van der Waals surface area contributed by atoms with E-state index in [4.69, 9.17) is 15.2 Å². The molecular formula is C27H32FN5O3S. The van der Waals surface area contributed by atoms with E-state index < -0.39 is 10.8 Å². The second-order valence-electron chi connectivity index (χ2n) is 11.0. The molecule has 37 heavy (non-hydrogen) atoms. The van der Waals surface area contributed by atoms with Gasteiger partial charge in [-0.05, 0) is 56.2 Å². The maximum atomic E-state index is 15.2. The first-order valence-corrected chi connectivity index (χ1v) is 14.7. The van der Waals surface area contributed by atoms with Crippen molar-refractivity contribution >= 4 is 27.7 Å². The zero-order chi connectivity index (χ0) is 25.1. The molecule has 0 radical (unpaired) electrons. The average molecular weight is 526 g/mol. The Bertz CT molecular complexity index is 1350. The summed E-state index contributed by atoms with van der Waals surface area (Å²) in [7, 11) is -0.624. The van der Waals surface area contributed by atoms with Gasteiger partial charge in [0.15, 0.2) is 0 Å². The third-order valence-electron chi connectivity index (χ3n) is 8.64. The Morgan fingerprint density at radius 1 is 1.19 bits per heavy atom. The normalized spacial score (nSPS) is 31.3. The molecule has 8 nitrogen and oxygen atoms in total. The maximum Gasteiger partial charge on any atom is 0.146 e. The van der Waals surface area contributed by atoms with Crippen molar-refractivity contribution in [3.8, 4) is 16.9 Å². The number of benzene rings is 1. The molecule has 10 heteroatoms. The van der Waals surface area contributed by atoms with E-state index in [1.165, 1.54) is 12.4 Å². The van der Waals surface area contributed by atoms with Crippen LogP contribution in [0.5, 0.6) is 5.75 Å².